The number of aryl methyl sites for hydroxylation is 1. The monoisotopic (exact) mass is 183 g/mol. The summed E-state index contributed by atoms with van der Waals surface area (Å²) in [6.45, 7) is 5.92. The van der Waals surface area contributed by atoms with E-state index in [2.05, 4.69) is 22.5 Å². The van der Waals surface area contributed by atoms with Crippen molar-refractivity contribution < 1.29 is 0 Å². The minimum absolute atomic E-state index is 0.939. The molecule has 0 aliphatic heterocycles. The minimum atomic E-state index is 0.939. The number of hydrogen-bond donors (Lipinski definition) is 0. The lowest BCUT2D eigenvalue weighted by molar-refractivity contribution is 0.820. The van der Waals surface area contributed by atoms with Gasteiger partial charge in [-0.3, -0.25) is 0 Å². The zero-order chi connectivity index (χ0) is 9.14. The van der Waals surface area contributed by atoms with Gasteiger partial charge < -0.3 is 4.57 Å². The molecule has 4 heteroatoms. The summed E-state index contributed by atoms with van der Waals surface area (Å²) in [5.41, 5.74) is 2.18. The number of thiazole rings is 1. The van der Waals surface area contributed by atoms with Crippen LogP contribution in [0.3, 0.4) is 0 Å². The van der Waals surface area contributed by atoms with Crippen LogP contribution in [-0.4, -0.2) is 10.3 Å². The summed E-state index contributed by atoms with van der Waals surface area (Å²) < 4.78 is 2.02. The first-order chi connectivity index (χ1) is 5.61. The summed E-state index contributed by atoms with van der Waals surface area (Å²) in [7, 11) is 1.99. The molecule has 3 nitrogen and oxygen atoms in total. The number of rotatable bonds is 1. The summed E-state index contributed by atoms with van der Waals surface area (Å²) in [4.78, 5) is 0.939. The summed E-state index contributed by atoms with van der Waals surface area (Å²) in [5.74, 6) is 0. The fourth-order valence-corrected chi connectivity index (χ4v) is 1.50. The van der Waals surface area contributed by atoms with Crippen LogP contribution in [0.25, 0.3) is 0 Å². The Morgan fingerprint density at radius 3 is 2.58 bits per heavy atom. The van der Waals surface area contributed by atoms with Crippen molar-refractivity contribution in [1.29, 1.82) is 0 Å². The molecular weight excluding hydrogens is 170 g/mol. The molecule has 1 aromatic heterocycles. The van der Waals surface area contributed by atoms with Crippen LogP contribution in [0.2, 0.25) is 0 Å². The zero-order valence-electron chi connectivity index (χ0n) is 7.83. The van der Waals surface area contributed by atoms with Crippen LogP contribution in [0, 0.1) is 6.92 Å². The Kier molecular flexibility index (Phi) is 2.81. The molecule has 12 heavy (non-hydrogen) atoms. The molecule has 0 aliphatic carbocycles. The lowest BCUT2D eigenvalue weighted by Gasteiger charge is -1.91. The topological polar surface area (TPSA) is 29.6 Å². The van der Waals surface area contributed by atoms with Crippen molar-refractivity contribution >= 4 is 17.0 Å². The maximum atomic E-state index is 4.10. The van der Waals surface area contributed by atoms with Gasteiger partial charge in [-0.15, -0.1) is 16.4 Å². The van der Waals surface area contributed by atoms with Crippen molar-refractivity contribution in [3.05, 3.63) is 15.9 Å². The Labute approximate surface area is 76.1 Å². The molecule has 0 unspecified atom stereocenters. The lowest BCUT2D eigenvalue weighted by atomic mass is 10.5. The van der Waals surface area contributed by atoms with E-state index in [4.69, 9.17) is 0 Å². The maximum absolute atomic E-state index is 4.10. The third-order valence-corrected chi connectivity index (χ3v) is 2.51. The predicted molar refractivity (Wildman–Crippen MR) is 52.4 cm³/mol. The van der Waals surface area contributed by atoms with E-state index in [1.165, 1.54) is 5.69 Å². The van der Waals surface area contributed by atoms with Crippen molar-refractivity contribution in [2.75, 3.05) is 0 Å². The van der Waals surface area contributed by atoms with Gasteiger partial charge in [0.25, 0.3) is 0 Å². The molecule has 0 bridgehead atoms. The first kappa shape index (κ1) is 9.19. The van der Waals surface area contributed by atoms with Gasteiger partial charge in [-0.1, -0.05) is 0 Å². The van der Waals surface area contributed by atoms with Crippen molar-refractivity contribution in [1.82, 2.24) is 4.57 Å². The molecule has 0 aromatic carbocycles. The fraction of sp³-hybridized carbons (Fsp3) is 0.500. The molecule has 0 amide bonds. The van der Waals surface area contributed by atoms with E-state index < -0.39 is 0 Å². The highest BCUT2D eigenvalue weighted by atomic mass is 32.1. The summed E-state index contributed by atoms with van der Waals surface area (Å²) in [6, 6.07) is 0. The second-order valence-corrected chi connectivity index (χ2v) is 3.70. The summed E-state index contributed by atoms with van der Waals surface area (Å²) in [6.07, 6.45) is 0. The van der Waals surface area contributed by atoms with Crippen LogP contribution in [0.5, 0.6) is 0 Å². The number of hydrogen-bond acceptors (Lipinski definition) is 3. The van der Waals surface area contributed by atoms with Crippen molar-refractivity contribution in [2.45, 2.75) is 20.8 Å². The zero-order valence-corrected chi connectivity index (χ0v) is 8.64. The molecule has 0 saturated carbocycles. The molecule has 0 atom stereocenters. The first-order valence-electron chi connectivity index (χ1n) is 3.77. The summed E-state index contributed by atoms with van der Waals surface area (Å²) in [5, 5.41) is 10.2. The largest absolute Gasteiger partial charge is 0.323 e. The van der Waals surface area contributed by atoms with Crippen molar-refractivity contribution in [3.8, 4) is 0 Å². The van der Waals surface area contributed by atoms with Crippen molar-refractivity contribution in [3.63, 3.8) is 0 Å². The lowest BCUT2D eigenvalue weighted by Crippen LogP contribution is -2.10. The van der Waals surface area contributed by atoms with E-state index in [1.807, 2.05) is 25.5 Å². The SMILES string of the molecule is CC(C)=NN=c1scc(C)n1C. The molecule has 0 radical (unpaired) electrons. The van der Waals surface area contributed by atoms with Crippen LogP contribution in [0.1, 0.15) is 19.5 Å². The molecule has 0 saturated heterocycles. The van der Waals surface area contributed by atoms with E-state index in [0.29, 0.717) is 0 Å². The van der Waals surface area contributed by atoms with Crippen LogP contribution in [0.4, 0.5) is 0 Å². The average molecular weight is 183 g/mol. The molecule has 0 spiro atoms. The third-order valence-electron chi connectivity index (χ3n) is 1.49. The molecule has 1 aromatic rings. The van der Waals surface area contributed by atoms with Gasteiger partial charge in [0, 0.05) is 23.8 Å². The fourth-order valence-electron chi connectivity index (χ4n) is 0.680. The van der Waals surface area contributed by atoms with Gasteiger partial charge in [-0.2, -0.15) is 5.10 Å². The molecule has 0 fully saturated rings. The van der Waals surface area contributed by atoms with Gasteiger partial charge in [0.2, 0.25) is 4.80 Å². The molecule has 66 valence electrons. The normalized spacial score (nSPS) is 11.8. The Hall–Kier alpha value is -0.900. The van der Waals surface area contributed by atoms with Crippen molar-refractivity contribution in [2.24, 2.45) is 17.3 Å². The smallest absolute Gasteiger partial charge is 0.210 e. The first-order valence-corrected chi connectivity index (χ1v) is 4.65. The van der Waals surface area contributed by atoms with Crippen LogP contribution >= 0.6 is 11.3 Å². The Morgan fingerprint density at radius 1 is 1.50 bits per heavy atom. The van der Waals surface area contributed by atoms with E-state index in [1.54, 1.807) is 11.3 Å². The Bertz CT molecular complexity index is 353. The van der Waals surface area contributed by atoms with Gasteiger partial charge in [-0.05, 0) is 20.8 Å². The molecular formula is C8H13N3S. The molecule has 1 rings (SSSR count). The standard InChI is InChI=1S/C8H13N3S/c1-6(2)9-10-8-11(4)7(3)5-12-8/h5H,1-4H3. The van der Waals surface area contributed by atoms with E-state index >= 15 is 0 Å². The number of nitrogens with zero attached hydrogens (tertiary/aromatic N) is 3. The van der Waals surface area contributed by atoms with E-state index in [-0.39, 0.29) is 0 Å². The quantitative estimate of drug-likeness (QED) is 0.468. The maximum Gasteiger partial charge on any atom is 0.210 e. The van der Waals surface area contributed by atoms with E-state index in [0.717, 1.165) is 10.5 Å². The second kappa shape index (κ2) is 3.67. The predicted octanol–water partition coefficient (Wildman–Crippen LogP) is 1.69. The van der Waals surface area contributed by atoms with Crippen LogP contribution in [-0.2, 0) is 7.05 Å². The molecule has 0 N–H and O–H groups in total. The second-order valence-electron chi connectivity index (χ2n) is 2.87. The van der Waals surface area contributed by atoms with Crippen LogP contribution in [0.15, 0.2) is 15.6 Å². The van der Waals surface area contributed by atoms with Gasteiger partial charge >= 0.3 is 0 Å². The van der Waals surface area contributed by atoms with Gasteiger partial charge in [0.15, 0.2) is 0 Å². The third kappa shape index (κ3) is 2.04. The highest BCUT2D eigenvalue weighted by Gasteiger charge is 1.92. The Morgan fingerprint density at radius 2 is 2.17 bits per heavy atom. The highest BCUT2D eigenvalue weighted by Crippen LogP contribution is 1.96. The van der Waals surface area contributed by atoms with Gasteiger partial charge in [0.05, 0.1) is 0 Å². The molecule has 1 heterocycles. The summed E-state index contributed by atoms with van der Waals surface area (Å²) >= 11 is 1.61. The van der Waals surface area contributed by atoms with E-state index in [9.17, 15) is 0 Å². The van der Waals surface area contributed by atoms with Crippen LogP contribution < -0.4 is 4.80 Å². The molecule has 0 aliphatic rings. The Balaban J connectivity index is 3.11. The average Bonchev–Trinajstić information content (AvgIpc) is 2.30. The minimum Gasteiger partial charge on any atom is -0.323 e. The van der Waals surface area contributed by atoms with Gasteiger partial charge in [0.1, 0.15) is 0 Å². The van der Waals surface area contributed by atoms with Gasteiger partial charge in [-0.25, -0.2) is 0 Å². The highest BCUT2D eigenvalue weighted by molar-refractivity contribution is 7.07. The number of aromatic nitrogens is 1.